The first kappa shape index (κ1) is 19.7. The molecule has 0 aliphatic carbocycles. The summed E-state index contributed by atoms with van der Waals surface area (Å²) in [6.45, 7) is 1.62. The van der Waals surface area contributed by atoms with Crippen molar-refractivity contribution in [1.82, 2.24) is 24.6 Å². The van der Waals surface area contributed by atoms with Gasteiger partial charge in [-0.3, -0.25) is 9.48 Å². The SMILES string of the molecule is CSc1nc(Cl)c(C#N)c(N2CCCn3nc(C(=O)N(C)C)c(Cl)c3C2)n1. The largest absolute Gasteiger partial charge is 0.349 e. The van der Waals surface area contributed by atoms with Gasteiger partial charge in [-0.05, 0) is 12.7 Å². The number of anilines is 1. The van der Waals surface area contributed by atoms with E-state index < -0.39 is 0 Å². The van der Waals surface area contributed by atoms with Crippen molar-refractivity contribution in [2.45, 2.75) is 24.7 Å². The molecule has 0 bridgehead atoms. The number of rotatable bonds is 3. The molecule has 0 spiro atoms. The molecule has 8 nitrogen and oxygen atoms in total. The van der Waals surface area contributed by atoms with E-state index in [4.69, 9.17) is 23.2 Å². The summed E-state index contributed by atoms with van der Waals surface area (Å²) in [5.41, 5.74) is 1.16. The van der Waals surface area contributed by atoms with Crippen molar-refractivity contribution in [2.75, 3.05) is 31.8 Å². The van der Waals surface area contributed by atoms with Crippen molar-refractivity contribution in [3.8, 4) is 6.07 Å². The highest BCUT2D eigenvalue weighted by molar-refractivity contribution is 7.98. The second kappa shape index (κ2) is 7.92. The Labute approximate surface area is 171 Å². The molecule has 1 aliphatic rings. The molecule has 2 aromatic heterocycles. The van der Waals surface area contributed by atoms with Gasteiger partial charge in [-0.15, -0.1) is 0 Å². The minimum absolute atomic E-state index is 0.124. The van der Waals surface area contributed by atoms with Gasteiger partial charge in [0.2, 0.25) is 0 Å². The zero-order valence-corrected chi connectivity index (χ0v) is 17.4. The molecule has 2 aromatic rings. The molecule has 0 unspecified atom stereocenters. The number of thioether (sulfide) groups is 1. The van der Waals surface area contributed by atoms with E-state index in [0.29, 0.717) is 41.3 Å². The number of fused-ring (bicyclic) bond motifs is 1. The van der Waals surface area contributed by atoms with Crippen LogP contribution in [0.1, 0.15) is 28.2 Å². The molecule has 0 saturated carbocycles. The smallest absolute Gasteiger partial charge is 0.275 e. The third-order valence-electron chi connectivity index (χ3n) is 4.16. The van der Waals surface area contributed by atoms with Crippen LogP contribution in [-0.2, 0) is 13.1 Å². The molecule has 3 rings (SSSR count). The van der Waals surface area contributed by atoms with Crippen LogP contribution in [0.3, 0.4) is 0 Å². The predicted molar refractivity (Wildman–Crippen MR) is 104 cm³/mol. The first-order chi connectivity index (χ1) is 12.9. The molecular formula is C16H17Cl2N7OS. The van der Waals surface area contributed by atoms with Gasteiger partial charge in [0.25, 0.3) is 5.91 Å². The van der Waals surface area contributed by atoms with E-state index in [-0.39, 0.29) is 22.3 Å². The molecular weight excluding hydrogens is 409 g/mol. The number of halogens is 2. The van der Waals surface area contributed by atoms with Crippen LogP contribution >= 0.6 is 35.0 Å². The lowest BCUT2D eigenvalue weighted by Crippen LogP contribution is -2.26. The number of aryl methyl sites for hydroxylation is 1. The Balaban J connectivity index is 2.04. The van der Waals surface area contributed by atoms with Crippen LogP contribution < -0.4 is 4.90 Å². The van der Waals surface area contributed by atoms with Gasteiger partial charge in [-0.25, -0.2) is 9.97 Å². The standard InChI is InChI=1S/C16H17Cl2N7OS/c1-23(2)15(26)12-11(17)10-8-24(5-4-6-25(10)22-12)14-9(7-19)13(18)20-16(21-14)27-3/h4-6,8H2,1-3H3. The molecule has 142 valence electrons. The summed E-state index contributed by atoms with van der Waals surface area (Å²) in [5.74, 6) is 0.215. The molecule has 1 amide bonds. The maximum Gasteiger partial charge on any atom is 0.275 e. The second-order valence-corrected chi connectivity index (χ2v) is 7.63. The average molecular weight is 426 g/mol. The van der Waals surface area contributed by atoms with Gasteiger partial charge in [0, 0.05) is 27.2 Å². The highest BCUT2D eigenvalue weighted by atomic mass is 35.5. The van der Waals surface area contributed by atoms with E-state index in [1.807, 2.05) is 11.2 Å². The van der Waals surface area contributed by atoms with Crippen LogP contribution in [0.25, 0.3) is 0 Å². The van der Waals surface area contributed by atoms with E-state index in [9.17, 15) is 10.1 Å². The van der Waals surface area contributed by atoms with Gasteiger partial charge in [-0.1, -0.05) is 35.0 Å². The summed E-state index contributed by atoms with van der Waals surface area (Å²) < 4.78 is 1.75. The second-order valence-electron chi connectivity index (χ2n) is 6.12. The topological polar surface area (TPSA) is 90.9 Å². The van der Waals surface area contributed by atoms with Gasteiger partial charge < -0.3 is 9.80 Å². The number of hydrogen-bond acceptors (Lipinski definition) is 7. The number of amides is 1. The molecule has 0 N–H and O–H groups in total. The number of nitriles is 1. The van der Waals surface area contributed by atoms with Crippen molar-refractivity contribution >= 4 is 46.7 Å². The van der Waals surface area contributed by atoms with Crippen LogP contribution in [0.4, 0.5) is 5.82 Å². The third kappa shape index (κ3) is 3.70. The van der Waals surface area contributed by atoms with Gasteiger partial charge in [0.15, 0.2) is 21.8 Å². The highest BCUT2D eigenvalue weighted by Crippen LogP contribution is 2.31. The third-order valence-corrected chi connectivity index (χ3v) is 5.38. The van der Waals surface area contributed by atoms with E-state index in [2.05, 4.69) is 21.1 Å². The number of hydrogen-bond donors (Lipinski definition) is 0. The van der Waals surface area contributed by atoms with E-state index in [1.165, 1.54) is 16.7 Å². The van der Waals surface area contributed by atoms with Gasteiger partial charge in [-0.2, -0.15) is 10.4 Å². The average Bonchev–Trinajstić information content (AvgIpc) is 2.82. The van der Waals surface area contributed by atoms with E-state index in [0.717, 1.165) is 6.42 Å². The molecule has 0 atom stereocenters. The van der Waals surface area contributed by atoms with Crippen LogP contribution in [0.5, 0.6) is 0 Å². The lowest BCUT2D eigenvalue weighted by molar-refractivity contribution is 0.0821. The molecule has 0 saturated heterocycles. The molecule has 27 heavy (non-hydrogen) atoms. The van der Waals surface area contributed by atoms with Crippen LogP contribution in [-0.4, -0.2) is 57.5 Å². The van der Waals surface area contributed by atoms with Crippen molar-refractivity contribution in [3.05, 3.63) is 27.1 Å². The molecule has 1 aliphatic heterocycles. The van der Waals surface area contributed by atoms with E-state index in [1.54, 1.807) is 18.8 Å². The number of carbonyl (C=O) groups excluding carboxylic acids is 1. The van der Waals surface area contributed by atoms with Gasteiger partial charge in [0.1, 0.15) is 11.6 Å². The summed E-state index contributed by atoms with van der Waals surface area (Å²) >= 11 is 14.0. The summed E-state index contributed by atoms with van der Waals surface area (Å²) in [4.78, 5) is 24.3. The molecule has 3 heterocycles. The first-order valence-corrected chi connectivity index (χ1v) is 10.1. The van der Waals surface area contributed by atoms with Crippen LogP contribution in [0.15, 0.2) is 5.16 Å². The van der Waals surface area contributed by atoms with E-state index >= 15 is 0 Å². The number of nitrogens with zero attached hydrogens (tertiary/aromatic N) is 7. The maximum absolute atomic E-state index is 12.3. The lowest BCUT2D eigenvalue weighted by atomic mass is 10.2. The first-order valence-electron chi connectivity index (χ1n) is 8.10. The Kier molecular flexibility index (Phi) is 5.79. The minimum atomic E-state index is -0.250. The molecule has 0 radical (unpaired) electrons. The molecule has 0 aromatic carbocycles. The molecule has 0 fully saturated rings. The Bertz CT molecular complexity index is 938. The van der Waals surface area contributed by atoms with Crippen molar-refractivity contribution < 1.29 is 4.79 Å². The summed E-state index contributed by atoms with van der Waals surface area (Å²) in [6.07, 6.45) is 2.59. The summed E-state index contributed by atoms with van der Waals surface area (Å²) in [6, 6.07) is 2.09. The Morgan fingerprint density at radius 1 is 1.30 bits per heavy atom. The lowest BCUT2D eigenvalue weighted by Gasteiger charge is -2.23. The normalized spacial score (nSPS) is 13.7. The summed E-state index contributed by atoms with van der Waals surface area (Å²) in [7, 11) is 3.31. The Morgan fingerprint density at radius 3 is 2.67 bits per heavy atom. The predicted octanol–water partition coefficient (Wildman–Crippen LogP) is 2.69. The van der Waals surface area contributed by atoms with Crippen molar-refractivity contribution in [1.29, 1.82) is 5.26 Å². The molecule has 11 heteroatoms. The van der Waals surface area contributed by atoms with Crippen molar-refractivity contribution in [2.24, 2.45) is 0 Å². The maximum atomic E-state index is 12.3. The number of aromatic nitrogens is 4. The van der Waals surface area contributed by atoms with Crippen LogP contribution in [0, 0.1) is 11.3 Å². The zero-order valence-electron chi connectivity index (χ0n) is 15.0. The fourth-order valence-electron chi connectivity index (χ4n) is 2.83. The summed E-state index contributed by atoms with van der Waals surface area (Å²) in [5, 5.41) is 14.8. The van der Waals surface area contributed by atoms with Gasteiger partial charge >= 0.3 is 0 Å². The Hall–Kier alpha value is -2.02. The highest BCUT2D eigenvalue weighted by Gasteiger charge is 2.28. The minimum Gasteiger partial charge on any atom is -0.349 e. The van der Waals surface area contributed by atoms with Crippen molar-refractivity contribution in [3.63, 3.8) is 0 Å². The Morgan fingerprint density at radius 2 is 2.04 bits per heavy atom. The quantitative estimate of drug-likeness (QED) is 0.423. The van der Waals surface area contributed by atoms with Gasteiger partial charge in [0.05, 0.1) is 17.3 Å². The fourth-order valence-corrected chi connectivity index (χ4v) is 3.72. The monoisotopic (exact) mass is 425 g/mol. The zero-order chi connectivity index (χ0) is 19.7. The van der Waals surface area contributed by atoms with Crippen LogP contribution in [0.2, 0.25) is 10.2 Å². The fraction of sp³-hybridized carbons (Fsp3) is 0.438. The number of carbonyl (C=O) groups is 1.